The lowest BCUT2D eigenvalue weighted by Gasteiger charge is -2.24. The highest BCUT2D eigenvalue weighted by atomic mass is 16.7. The Kier molecular flexibility index (Phi) is 9.80. The molecule has 1 fully saturated rings. The van der Waals surface area contributed by atoms with Crippen LogP contribution >= 0.6 is 0 Å². The van der Waals surface area contributed by atoms with Crippen molar-refractivity contribution in [3.63, 3.8) is 0 Å². The summed E-state index contributed by atoms with van der Waals surface area (Å²) in [6.45, 7) is 1.45. The van der Waals surface area contributed by atoms with E-state index in [1.54, 1.807) is 97.9 Å². The first-order valence-corrected chi connectivity index (χ1v) is 14.2. The summed E-state index contributed by atoms with van der Waals surface area (Å²) in [5, 5.41) is 0. The largest absolute Gasteiger partial charge is 0.462 e. The number of ether oxygens (including phenoxy) is 5. The van der Waals surface area contributed by atoms with Gasteiger partial charge in [-0.15, -0.1) is 0 Å². The van der Waals surface area contributed by atoms with Gasteiger partial charge in [-0.25, -0.2) is 23.7 Å². The van der Waals surface area contributed by atoms with Crippen molar-refractivity contribution in [2.45, 2.75) is 31.5 Å². The Morgan fingerprint density at radius 3 is 1.67 bits per heavy atom. The summed E-state index contributed by atoms with van der Waals surface area (Å²) in [6, 6.07) is 27.8. The van der Waals surface area contributed by atoms with Crippen LogP contribution in [0.5, 0.6) is 0 Å². The van der Waals surface area contributed by atoms with E-state index in [-0.39, 0.29) is 35.7 Å². The van der Waals surface area contributed by atoms with Gasteiger partial charge in [-0.2, -0.15) is 0 Å². The number of aromatic nitrogens is 1. The number of esters is 4. The number of nitrogens with zero attached hydrogens (tertiary/aromatic N) is 1. The van der Waals surface area contributed by atoms with Crippen molar-refractivity contribution in [1.82, 2.24) is 0 Å². The molecule has 1 aliphatic heterocycles. The minimum Gasteiger partial charge on any atom is -0.462 e. The van der Waals surface area contributed by atoms with Gasteiger partial charge in [0, 0.05) is 6.07 Å². The van der Waals surface area contributed by atoms with Crippen molar-refractivity contribution in [2.75, 3.05) is 18.9 Å². The Morgan fingerprint density at radius 2 is 1.13 bits per heavy atom. The molecular formula is C34H31N2O9+. The molecule has 1 aliphatic rings. The van der Waals surface area contributed by atoms with E-state index in [1.165, 1.54) is 22.9 Å². The predicted octanol–water partition coefficient (Wildman–Crippen LogP) is 3.94. The summed E-state index contributed by atoms with van der Waals surface area (Å²) in [7, 11) is 0. The van der Waals surface area contributed by atoms with Gasteiger partial charge in [0.1, 0.15) is 18.9 Å². The van der Waals surface area contributed by atoms with Gasteiger partial charge in [0.05, 0.1) is 28.9 Å². The number of nitrogens with two attached hydrogens (primary N) is 1. The van der Waals surface area contributed by atoms with Crippen molar-refractivity contribution in [3.05, 3.63) is 132 Å². The zero-order valence-corrected chi connectivity index (χ0v) is 24.3. The molecule has 3 aromatic carbocycles. The van der Waals surface area contributed by atoms with Gasteiger partial charge in [0.15, 0.2) is 6.10 Å². The normalized spacial score (nSPS) is 18.9. The van der Waals surface area contributed by atoms with Gasteiger partial charge in [-0.05, 0) is 49.4 Å². The van der Waals surface area contributed by atoms with Crippen molar-refractivity contribution in [1.29, 1.82) is 0 Å². The number of hydrogen-bond donors (Lipinski definition) is 1. The molecule has 1 aromatic heterocycles. The first-order valence-electron chi connectivity index (χ1n) is 14.2. The molecule has 0 spiro atoms. The molecule has 2 heterocycles. The van der Waals surface area contributed by atoms with Crippen LogP contribution < -0.4 is 10.3 Å². The quantitative estimate of drug-likeness (QED) is 0.159. The van der Waals surface area contributed by atoms with Crippen LogP contribution in [0.15, 0.2) is 109 Å². The van der Waals surface area contributed by atoms with Crippen LogP contribution in [0, 0.1) is 0 Å². The van der Waals surface area contributed by atoms with E-state index in [0.717, 1.165) is 0 Å². The third-order valence-corrected chi connectivity index (χ3v) is 6.97. The number of carbonyl (C=O) groups excluding carboxylic acids is 4. The molecule has 0 aliphatic carbocycles. The second-order valence-electron chi connectivity index (χ2n) is 9.97. The number of benzene rings is 3. The molecule has 45 heavy (non-hydrogen) atoms. The van der Waals surface area contributed by atoms with Crippen molar-refractivity contribution in [2.24, 2.45) is 0 Å². The molecule has 0 unspecified atom stereocenters. The minimum atomic E-state index is -1.30. The number of anilines is 1. The highest BCUT2D eigenvalue weighted by Crippen LogP contribution is 2.33. The van der Waals surface area contributed by atoms with Crippen LogP contribution in [0.3, 0.4) is 0 Å². The second-order valence-corrected chi connectivity index (χ2v) is 9.97. The van der Waals surface area contributed by atoms with E-state index >= 15 is 0 Å². The lowest BCUT2D eigenvalue weighted by molar-refractivity contribution is -0.753. The molecular weight excluding hydrogens is 580 g/mol. The van der Waals surface area contributed by atoms with Gasteiger partial charge in [-0.1, -0.05) is 54.6 Å². The Labute approximate surface area is 259 Å². The first-order chi connectivity index (χ1) is 21.9. The fourth-order valence-electron chi connectivity index (χ4n) is 4.77. The van der Waals surface area contributed by atoms with Crippen LogP contribution in [0.1, 0.15) is 54.6 Å². The van der Waals surface area contributed by atoms with Crippen LogP contribution in [-0.2, 0) is 23.7 Å². The van der Waals surface area contributed by atoms with Gasteiger partial charge >= 0.3 is 23.9 Å². The summed E-state index contributed by atoms with van der Waals surface area (Å²) in [5.41, 5.74) is 7.26. The molecule has 5 rings (SSSR count). The molecule has 4 aromatic rings. The molecule has 11 heteroatoms. The number of hydrogen-bond acceptors (Lipinski definition) is 10. The molecule has 0 bridgehead atoms. The number of nitrogen functional groups attached to an aromatic ring is 1. The van der Waals surface area contributed by atoms with Crippen molar-refractivity contribution < 1.29 is 47.4 Å². The Hall–Kier alpha value is -5.55. The maximum Gasteiger partial charge on any atom is 0.341 e. The molecule has 0 radical (unpaired) electrons. The number of carbonyl (C=O) groups is 4. The van der Waals surface area contributed by atoms with Crippen LogP contribution in [0.4, 0.5) is 5.82 Å². The standard InChI is InChI=1S/C34H30N2O9/c1-2-41-32(38)25-18-19-27(35)36(20-25)30-29(45-34(40)24-16-10-5-11-17-24)28(44-33(39)23-14-8-4-9-15-23)26(43-30)21-42-31(37)22-12-6-3-7-13-22/h3-20,26,28-30,35H,2,21H2,1H3/p+1/t26-,28+,29-,30+/m0/s1. The zero-order valence-electron chi connectivity index (χ0n) is 24.3. The monoisotopic (exact) mass is 611 g/mol. The van der Waals surface area contributed by atoms with Gasteiger partial charge in [-0.3, -0.25) is 5.73 Å². The summed E-state index contributed by atoms with van der Waals surface area (Å²) in [5.74, 6) is -2.54. The van der Waals surface area contributed by atoms with Crippen molar-refractivity contribution >= 4 is 29.7 Å². The fraction of sp³-hybridized carbons (Fsp3) is 0.206. The zero-order chi connectivity index (χ0) is 31.8. The van der Waals surface area contributed by atoms with E-state index < -0.39 is 48.4 Å². The highest BCUT2D eigenvalue weighted by Gasteiger charge is 2.54. The lowest BCUT2D eigenvalue weighted by Crippen LogP contribution is -2.50. The molecule has 11 nitrogen and oxygen atoms in total. The molecule has 4 atom stereocenters. The SMILES string of the molecule is CCOC(=O)c1ccc(N)[n+]([C@@H]2O[C@@H](COC(=O)c3ccccc3)[C@@H](OC(=O)c3ccccc3)[C@@H]2OC(=O)c2ccccc2)c1. The minimum absolute atomic E-state index is 0.142. The van der Waals surface area contributed by atoms with Crippen LogP contribution in [-0.4, -0.2) is 55.4 Å². The van der Waals surface area contributed by atoms with Gasteiger partial charge in [0.25, 0.3) is 5.82 Å². The Morgan fingerprint density at radius 1 is 0.644 bits per heavy atom. The Bertz CT molecular complexity index is 1650. The van der Waals surface area contributed by atoms with E-state index in [2.05, 4.69) is 0 Å². The lowest BCUT2D eigenvalue weighted by atomic mass is 10.1. The maximum absolute atomic E-state index is 13.4. The van der Waals surface area contributed by atoms with Crippen LogP contribution in [0.2, 0.25) is 0 Å². The molecule has 230 valence electrons. The average Bonchev–Trinajstić information content (AvgIpc) is 3.40. The third-order valence-electron chi connectivity index (χ3n) is 6.97. The van der Waals surface area contributed by atoms with Gasteiger partial charge < -0.3 is 23.7 Å². The maximum atomic E-state index is 13.4. The predicted molar refractivity (Wildman–Crippen MR) is 159 cm³/mol. The summed E-state index contributed by atoms with van der Waals surface area (Å²) in [6.07, 6.45) is -3.48. The highest BCUT2D eigenvalue weighted by molar-refractivity contribution is 5.91. The summed E-state index contributed by atoms with van der Waals surface area (Å²) >= 11 is 0. The van der Waals surface area contributed by atoms with E-state index in [4.69, 9.17) is 29.4 Å². The first kappa shape index (κ1) is 30.9. The fourth-order valence-corrected chi connectivity index (χ4v) is 4.77. The van der Waals surface area contributed by atoms with Crippen LogP contribution in [0.25, 0.3) is 0 Å². The van der Waals surface area contributed by atoms with Crippen molar-refractivity contribution in [3.8, 4) is 0 Å². The topological polar surface area (TPSA) is 144 Å². The van der Waals surface area contributed by atoms with E-state index in [0.29, 0.717) is 5.56 Å². The van der Waals surface area contributed by atoms with Gasteiger partial charge in [0.2, 0.25) is 12.3 Å². The van der Waals surface area contributed by atoms with E-state index in [1.807, 2.05) is 0 Å². The van der Waals surface area contributed by atoms with E-state index in [9.17, 15) is 19.2 Å². The summed E-state index contributed by atoms with van der Waals surface area (Å²) in [4.78, 5) is 52.1. The molecule has 2 N–H and O–H groups in total. The second kappa shape index (κ2) is 14.3. The smallest absolute Gasteiger partial charge is 0.341 e. The molecule has 0 amide bonds. The number of pyridine rings is 1. The summed E-state index contributed by atoms with van der Waals surface area (Å²) < 4.78 is 30.3. The Balaban J connectivity index is 1.53. The number of rotatable bonds is 10. The average molecular weight is 612 g/mol. The molecule has 0 saturated carbocycles. The third kappa shape index (κ3) is 7.34. The molecule has 1 saturated heterocycles.